The highest BCUT2D eigenvalue weighted by atomic mass is 19.1. The molecule has 4 heteroatoms. The van der Waals surface area contributed by atoms with Crippen LogP contribution in [-0.2, 0) is 4.79 Å². The lowest BCUT2D eigenvalue weighted by atomic mass is 9.99. The Morgan fingerprint density at radius 1 is 1.23 bits per heavy atom. The van der Waals surface area contributed by atoms with Crippen LogP contribution in [0.25, 0.3) is 0 Å². The van der Waals surface area contributed by atoms with Crippen LogP contribution in [0.5, 0.6) is 5.75 Å². The Kier molecular flexibility index (Phi) is 5.53. The van der Waals surface area contributed by atoms with E-state index in [4.69, 9.17) is 4.74 Å². The van der Waals surface area contributed by atoms with Crippen LogP contribution in [0.4, 0.5) is 10.1 Å². The first-order valence-electron chi connectivity index (χ1n) is 7.36. The maximum absolute atomic E-state index is 13.0. The van der Waals surface area contributed by atoms with Gasteiger partial charge in [0.1, 0.15) is 11.6 Å². The summed E-state index contributed by atoms with van der Waals surface area (Å²) in [5, 5.41) is 2.59. The lowest BCUT2D eigenvalue weighted by Crippen LogP contribution is -2.20. The molecule has 1 atom stereocenters. The zero-order valence-corrected chi connectivity index (χ0v) is 12.8. The van der Waals surface area contributed by atoms with Gasteiger partial charge in [-0.3, -0.25) is 4.79 Å². The molecule has 1 N–H and O–H groups in total. The first-order chi connectivity index (χ1) is 10.6. The van der Waals surface area contributed by atoms with Crippen LogP contribution in [0, 0.1) is 5.82 Å². The summed E-state index contributed by atoms with van der Waals surface area (Å²) in [6.45, 7) is 4.20. The van der Waals surface area contributed by atoms with Gasteiger partial charge in [-0.25, -0.2) is 4.39 Å². The zero-order valence-electron chi connectivity index (χ0n) is 12.8. The van der Waals surface area contributed by atoms with Crippen molar-refractivity contribution in [3.8, 4) is 5.75 Å². The molecule has 0 saturated heterocycles. The molecular formula is C18H20FNO2. The first-order valence-corrected chi connectivity index (χ1v) is 7.36. The molecule has 0 aliphatic carbocycles. The smallest absolute Gasteiger partial charge is 0.262 e. The maximum Gasteiger partial charge on any atom is 0.262 e. The van der Waals surface area contributed by atoms with E-state index in [0.29, 0.717) is 17.4 Å². The Morgan fingerprint density at radius 2 is 1.95 bits per heavy atom. The summed E-state index contributed by atoms with van der Waals surface area (Å²) < 4.78 is 18.5. The van der Waals surface area contributed by atoms with Gasteiger partial charge < -0.3 is 10.1 Å². The summed E-state index contributed by atoms with van der Waals surface area (Å²) in [6, 6.07) is 13.5. The number of hydrogen-bond acceptors (Lipinski definition) is 2. The highest BCUT2D eigenvalue weighted by molar-refractivity contribution is 5.91. The highest BCUT2D eigenvalue weighted by Gasteiger charge is 2.06. The second-order valence-corrected chi connectivity index (χ2v) is 5.23. The highest BCUT2D eigenvalue weighted by Crippen LogP contribution is 2.21. The van der Waals surface area contributed by atoms with Crippen molar-refractivity contribution in [1.82, 2.24) is 0 Å². The minimum Gasteiger partial charge on any atom is -0.484 e. The van der Waals surface area contributed by atoms with Crippen molar-refractivity contribution in [2.45, 2.75) is 26.2 Å². The molecule has 0 fully saturated rings. The lowest BCUT2D eigenvalue weighted by molar-refractivity contribution is -0.118. The van der Waals surface area contributed by atoms with Gasteiger partial charge in [0.25, 0.3) is 5.91 Å². The Bertz CT molecular complexity index is 625. The summed E-state index contributed by atoms with van der Waals surface area (Å²) in [4.78, 5) is 11.8. The van der Waals surface area contributed by atoms with Crippen LogP contribution >= 0.6 is 0 Å². The predicted octanol–water partition coefficient (Wildman–Crippen LogP) is 4.36. The Morgan fingerprint density at radius 3 is 2.59 bits per heavy atom. The molecule has 1 amide bonds. The second kappa shape index (κ2) is 7.59. The van der Waals surface area contributed by atoms with Gasteiger partial charge in [0.15, 0.2) is 6.61 Å². The first kappa shape index (κ1) is 16.0. The van der Waals surface area contributed by atoms with Gasteiger partial charge in [-0.15, -0.1) is 0 Å². The molecule has 2 aromatic carbocycles. The molecule has 0 unspecified atom stereocenters. The van der Waals surface area contributed by atoms with E-state index in [1.54, 1.807) is 12.1 Å². The molecule has 0 aliphatic heterocycles. The van der Waals surface area contributed by atoms with Crippen LogP contribution in [0.15, 0.2) is 48.5 Å². The molecule has 0 saturated carbocycles. The van der Waals surface area contributed by atoms with E-state index in [-0.39, 0.29) is 18.3 Å². The molecule has 0 aliphatic rings. The molecule has 2 aromatic rings. The van der Waals surface area contributed by atoms with Gasteiger partial charge in [0.2, 0.25) is 0 Å². The van der Waals surface area contributed by atoms with E-state index < -0.39 is 0 Å². The van der Waals surface area contributed by atoms with Crippen molar-refractivity contribution in [2.24, 2.45) is 0 Å². The zero-order chi connectivity index (χ0) is 15.9. The topological polar surface area (TPSA) is 38.3 Å². The average molecular weight is 301 g/mol. The van der Waals surface area contributed by atoms with Crippen molar-refractivity contribution in [3.63, 3.8) is 0 Å². The largest absolute Gasteiger partial charge is 0.484 e. The van der Waals surface area contributed by atoms with Crippen LogP contribution in [0.1, 0.15) is 31.7 Å². The van der Waals surface area contributed by atoms with Gasteiger partial charge in [-0.05, 0) is 48.2 Å². The third-order valence-electron chi connectivity index (χ3n) is 3.54. The third-order valence-corrected chi connectivity index (χ3v) is 3.54. The molecule has 0 bridgehead atoms. The average Bonchev–Trinajstić information content (AvgIpc) is 2.52. The summed E-state index contributed by atoms with van der Waals surface area (Å²) >= 11 is 0. The van der Waals surface area contributed by atoms with Crippen molar-refractivity contribution in [2.75, 3.05) is 11.9 Å². The number of carbonyl (C=O) groups is 1. The molecule has 3 nitrogen and oxygen atoms in total. The fourth-order valence-corrected chi connectivity index (χ4v) is 2.04. The monoisotopic (exact) mass is 301 g/mol. The number of benzene rings is 2. The standard InChI is InChI=1S/C18H20FNO2/c1-3-13(2)14-7-9-17(10-8-14)22-12-18(21)20-16-6-4-5-15(19)11-16/h4-11,13H,3,12H2,1-2H3,(H,20,21)/t13-/m1/s1. The van der Waals surface area contributed by atoms with Gasteiger partial charge in [-0.1, -0.05) is 32.0 Å². The lowest BCUT2D eigenvalue weighted by Gasteiger charge is -2.11. The van der Waals surface area contributed by atoms with Gasteiger partial charge in [0, 0.05) is 5.69 Å². The summed E-state index contributed by atoms with van der Waals surface area (Å²) in [6.07, 6.45) is 1.08. The Hall–Kier alpha value is -2.36. The number of hydrogen-bond donors (Lipinski definition) is 1. The van der Waals surface area contributed by atoms with Gasteiger partial charge in [0.05, 0.1) is 0 Å². The van der Waals surface area contributed by atoms with Crippen LogP contribution in [0.3, 0.4) is 0 Å². The van der Waals surface area contributed by atoms with Gasteiger partial charge >= 0.3 is 0 Å². The fraction of sp³-hybridized carbons (Fsp3) is 0.278. The van der Waals surface area contributed by atoms with E-state index >= 15 is 0 Å². The molecule has 116 valence electrons. The number of amides is 1. The number of carbonyl (C=O) groups excluding carboxylic acids is 1. The van der Waals surface area contributed by atoms with E-state index in [9.17, 15) is 9.18 Å². The summed E-state index contributed by atoms with van der Waals surface area (Å²) in [5.41, 5.74) is 1.67. The van der Waals surface area contributed by atoms with Crippen molar-refractivity contribution < 1.29 is 13.9 Å². The summed E-state index contributed by atoms with van der Waals surface area (Å²) in [7, 11) is 0. The van der Waals surface area contributed by atoms with Gasteiger partial charge in [-0.2, -0.15) is 0 Å². The van der Waals surface area contributed by atoms with Crippen molar-refractivity contribution in [1.29, 1.82) is 0 Å². The van der Waals surface area contributed by atoms with Crippen LogP contribution < -0.4 is 10.1 Å². The molecule has 2 rings (SSSR count). The summed E-state index contributed by atoms with van der Waals surface area (Å²) in [5.74, 6) is 0.433. The Labute approximate surface area is 130 Å². The number of anilines is 1. The van der Waals surface area contributed by atoms with Crippen LogP contribution in [-0.4, -0.2) is 12.5 Å². The number of nitrogens with one attached hydrogen (secondary N) is 1. The Balaban J connectivity index is 1.86. The quantitative estimate of drug-likeness (QED) is 0.861. The molecule has 0 spiro atoms. The minimum absolute atomic E-state index is 0.112. The van der Waals surface area contributed by atoms with E-state index in [0.717, 1.165) is 6.42 Å². The molecule has 22 heavy (non-hydrogen) atoms. The van der Waals surface area contributed by atoms with E-state index in [1.807, 2.05) is 24.3 Å². The van der Waals surface area contributed by atoms with Crippen molar-refractivity contribution in [3.05, 3.63) is 59.9 Å². The van der Waals surface area contributed by atoms with E-state index in [1.165, 1.54) is 17.7 Å². The number of halogens is 1. The number of rotatable bonds is 6. The number of ether oxygens (including phenoxy) is 1. The fourth-order valence-electron chi connectivity index (χ4n) is 2.04. The molecular weight excluding hydrogens is 281 g/mol. The van der Waals surface area contributed by atoms with Crippen molar-refractivity contribution >= 4 is 11.6 Å². The normalized spacial score (nSPS) is 11.8. The van der Waals surface area contributed by atoms with E-state index in [2.05, 4.69) is 19.2 Å². The molecule has 0 radical (unpaired) electrons. The molecule has 0 heterocycles. The van der Waals surface area contributed by atoms with Crippen LogP contribution in [0.2, 0.25) is 0 Å². The SMILES string of the molecule is CC[C@@H](C)c1ccc(OCC(=O)Nc2cccc(F)c2)cc1. The minimum atomic E-state index is -0.389. The second-order valence-electron chi connectivity index (χ2n) is 5.23. The molecule has 0 aromatic heterocycles. The third kappa shape index (κ3) is 4.58. The maximum atomic E-state index is 13.0. The predicted molar refractivity (Wildman–Crippen MR) is 85.7 cm³/mol.